The zero-order valence-electron chi connectivity index (χ0n) is 10.7. The number of hydrogen-bond acceptors (Lipinski definition) is 3. The second kappa shape index (κ2) is 5.00. The zero-order valence-corrected chi connectivity index (χ0v) is 10.7. The number of aromatic hydroxyl groups is 1. The molecule has 0 spiro atoms. The van der Waals surface area contributed by atoms with Crippen molar-refractivity contribution in [1.82, 2.24) is 0 Å². The Morgan fingerprint density at radius 1 is 0.944 bits per heavy atom. The average molecular weight is 244 g/mol. The smallest absolute Gasteiger partial charge is 0.126 e. The lowest BCUT2D eigenvalue weighted by molar-refractivity contribution is 0.404. The Morgan fingerprint density at radius 2 is 1.72 bits per heavy atom. The number of ether oxygens (including phenoxy) is 2. The van der Waals surface area contributed by atoms with Crippen molar-refractivity contribution >= 4 is 0 Å². The standard InChI is InChI=1S/C15H16O3/c1-10-4-5-11(8-14(10)16)13-9-12(17-2)6-7-15(13)18-3/h4-9,16H,1-3H3. The number of hydrogen-bond donors (Lipinski definition) is 1. The molecule has 0 heterocycles. The molecule has 0 fully saturated rings. The third-order valence-corrected chi connectivity index (χ3v) is 2.93. The van der Waals surface area contributed by atoms with Gasteiger partial charge in [0.05, 0.1) is 14.2 Å². The lowest BCUT2D eigenvalue weighted by Gasteiger charge is -2.11. The first-order chi connectivity index (χ1) is 8.65. The van der Waals surface area contributed by atoms with Gasteiger partial charge >= 0.3 is 0 Å². The van der Waals surface area contributed by atoms with Crippen LogP contribution in [0.15, 0.2) is 36.4 Å². The van der Waals surface area contributed by atoms with Gasteiger partial charge in [0, 0.05) is 5.56 Å². The van der Waals surface area contributed by atoms with Gasteiger partial charge in [-0.2, -0.15) is 0 Å². The largest absolute Gasteiger partial charge is 0.508 e. The molecule has 0 unspecified atom stereocenters. The molecular weight excluding hydrogens is 228 g/mol. The van der Waals surface area contributed by atoms with Gasteiger partial charge in [0.1, 0.15) is 17.2 Å². The van der Waals surface area contributed by atoms with Crippen LogP contribution in [0.4, 0.5) is 0 Å². The van der Waals surface area contributed by atoms with Crippen LogP contribution in [0.1, 0.15) is 5.56 Å². The molecule has 0 saturated heterocycles. The molecule has 0 atom stereocenters. The van der Waals surface area contributed by atoms with E-state index in [0.29, 0.717) is 0 Å². The molecule has 94 valence electrons. The Kier molecular flexibility index (Phi) is 3.42. The Morgan fingerprint density at radius 3 is 2.33 bits per heavy atom. The monoisotopic (exact) mass is 244 g/mol. The van der Waals surface area contributed by atoms with Crippen LogP contribution >= 0.6 is 0 Å². The summed E-state index contributed by atoms with van der Waals surface area (Å²) < 4.78 is 10.5. The molecule has 2 aromatic carbocycles. The summed E-state index contributed by atoms with van der Waals surface area (Å²) in [6.07, 6.45) is 0. The highest BCUT2D eigenvalue weighted by Crippen LogP contribution is 2.35. The van der Waals surface area contributed by atoms with Gasteiger partial charge in [-0.1, -0.05) is 12.1 Å². The van der Waals surface area contributed by atoms with Gasteiger partial charge in [-0.3, -0.25) is 0 Å². The minimum absolute atomic E-state index is 0.275. The second-order valence-corrected chi connectivity index (χ2v) is 4.07. The van der Waals surface area contributed by atoms with E-state index >= 15 is 0 Å². The van der Waals surface area contributed by atoms with Crippen molar-refractivity contribution in [2.24, 2.45) is 0 Å². The molecule has 0 aliphatic rings. The van der Waals surface area contributed by atoms with Crippen LogP contribution in [0.5, 0.6) is 17.2 Å². The molecule has 0 saturated carbocycles. The fourth-order valence-corrected chi connectivity index (χ4v) is 1.82. The molecule has 3 heteroatoms. The van der Waals surface area contributed by atoms with Crippen LogP contribution in [-0.4, -0.2) is 19.3 Å². The summed E-state index contributed by atoms with van der Waals surface area (Å²) in [6, 6.07) is 11.1. The first-order valence-electron chi connectivity index (χ1n) is 5.67. The number of methoxy groups -OCH3 is 2. The van der Waals surface area contributed by atoms with Crippen molar-refractivity contribution in [1.29, 1.82) is 0 Å². The normalized spacial score (nSPS) is 10.2. The van der Waals surface area contributed by atoms with Crippen LogP contribution in [0.25, 0.3) is 11.1 Å². The van der Waals surface area contributed by atoms with E-state index in [9.17, 15) is 5.11 Å². The maximum absolute atomic E-state index is 9.78. The van der Waals surface area contributed by atoms with Crippen LogP contribution in [0.3, 0.4) is 0 Å². The molecular formula is C15H16O3. The maximum atomic E-state index is 9.78. The number of benzene rings is 2. The van der Waals surface area contributed by atoms with Crippen LogP contribution in [0, 0.1) is 6.92 Å². The van der Waals surface area contributed by atoms with Crippen LogP contribution in [0.2, 0.25) is 0 Å². The third-order valence-electron chi connectivity index (χ3n) is 2.93. The van der Waals surface area contributed by atoms with Gasteiger partial charge in [-0.05, 0) is 42.3 Å². The van der Waals surface area contributed by atoms with Gasteiger partial charge in [0.15, 0.2) is 0 Å². The Hall–Kier alpha value is -2.16. The van der Waals surface area contributed by atoms with E-state index < -0.39 is 0 Å². The maximum Gasteiger partial charge on any atom is 0.126 e. The molecule has 0 aliphatic heterocycles. The van der Waals surface area contributed by atoms with Crippen molar-refractivity contribution in [3.05, 3.63) is 42.0 Å². The van der Waals surface area contributed by atoms with Gasteiger partial charge in [0.25, 0.3) is 0 Å². The molecule has 0 aromatic heterocycles. The number of phenolic OH excluding ortho intramolecular Hbond substituents is 1. The lowest BCUT2D eigenvalue weighted by atomic mass is 10.0. The topological polar surface area (TPSA) is 38.7 Å². The highest BCUT2D eigenvalue weighted by atomic mass is 16.5. The number of aryl methyl sites for hydroxylation is 1. The van der Waals surface area contributed by atoms with E-state index in [0.717, 1.165) is 28.2 Å². The van der Waals surface area contributed by atoms with E-state index in [1.165, 1.54) is 0 Å². The van der Waals surface area contributed by atoms with Crippen molar-refractivity contribution in [2.45, 2.75) is 6.92 Å². The quantitative estimate of drug-likeness (QED) is 0.899. The first kappa shape index (κ1) is 12.3. The first-order valence-corrected chi connectivity index (χ1v) is 5.67. The summed E-state index contributed by atoms with van der Waals surface area (Å²) in [5.41, 5.74) is 2.64. The zero-order chi connectivity index (χ0) is 13.1. The fraction of sp³-hybridized carbons (Fsp3) is 0.200. The molecule has 2 aromatic rings. The van der Waals surface area contributed by atoms with Crippen LogP contribution in [-0.2, 0) is 0 Å². The lowest BCUT2D eigenvalue weighted by Crippen LogP contribution is -1.90. The highest BCUT2D eigenvalue weighted by Gasteiger charge is 2.09. The van der Waals surface area contributed by atoms with Crippen molar-refractivity contribution < 1.29 is 14.6 Å². The summed E-state index contributed by atoms with van der Waals surface area (Å²) in [5.74, 6) is 1.78. The molecule has 2 rings (SSSR count). The fourth-order valence-electron chi connectivity index (χ4n) is 1.82. The summed E-state index contributed by atoms with van der Waals surface area (Å²) in [7, 11) is 3.25. The van der Waals surface area contributed by atoms with E-state index in [1.807, 2.05) is 37.3 Å². The van der Waals surface area contributed by atoms with E-state index in [4.69, 9.17) is 9.47 Å². The van der Waals surface area contributed by atoms with Crippen molar-refractivity contribution in [2.75, 3.05) is 14.2 Å². The summed E-state index contributed by atoms with van der Waals surface area (Å²) in [6.45, 7) is 1.86. The molecule has 0 aliphatic carbocycles. The molecule has 3 nitrogen and oxygen atoms in total. The van der Waals surface area contributed by atoms with E-state index in [-0.39, 0.29) is 5.75 Å². The Labute approximate surface area is 107 Å². The molecule has 1 N–H and O–H groups in total. The van der Waals surface area contributed by atoms with Crippen molar-refractivity contribution in [3.8, 4) is 28.4 Å². The average Bonchev–Trinajstić information content (AvgIpc) is 2.41. The van der Waals surface area contributed by atoms with Crippen molar-refractivity contribution in [3.63, 3.8) is 0 Å². The minimum atomic E-state index is 0.275. The Bertz CT molecular complexity index is 562. The predicted molar refractivity (Wildman–Crippen MR) is 71.4 cm³/mol. The van der Waals surface area contributed by atoms with Gasteiger partial charge < -0.3 is 14.6 Å². The molecule has 0 radical (unpaired) electrons. The number of phenols is 1. The predicted octanol–water partition coefficient (Wildman–Crippen LogP) is 3.38. The summed E-state index contributed by atoms with van der Waals surface area (Å²) in [5, 5.41) is 9.78. The van der Waals surface area contributed by atoms with Crippen LogP contribution < -0.4 is 9.47 Å². The molecule has 18 heavy (non-hydrogen) atoms. The molecule has 0 amide bonds. The summed E-state index contributed by atoms with van der Waals surface area (Å²) >= 11 is 0. The minimum Gasteiger partial charge on any atom is -0.508 e. The van der Waals surface area contributed by atoms with Gasteiger partial charge in [-0.25, -0.2) is 0 Å². The SMILES string of the molecule is COc1ccc(OC)c(-c2ccc(C)c(O)c2)c1. The molecule has 0 bridgehead atoms. The second-order valence-electron chi connectivity index (χ2n) is 4.07. The third kappa shape index (κ3) is 2.25. The Balaban J connectivity index is 2.57. The van der Waals surface area contributed by atoms with Gasteiger partial charge in [0.2, 0.25) is 0 Å². The van der Waals surface area contributed by atoms with E-state index in [2.05, 4.69) is 0 Å². The number of rotatable bonds is 3. The van der Waals surface area contributed by atoms with E-state index in [1.54, 1.807) is 20.3 Å². The highest BCUT2D eigenvalue weighted by molar-refractivity contribution is 5.73. The van der Waals surface area contributed by atoms with Gasteiger partial charge in [-0.15, -0.1) is 0 Å². The summed E-state index contributed by atoms with van der Waals surface area (Å²) in [4.78, 5) is 0.